The summed E-state index contributed by atoms with van der Waals surface area (Å²) in [6.07, 6.45) is 3.49. The van der Waals surface area contributed by atoms with Gasteiger partial charge < -0.3 is 5.32 Å². The number of anilines is 1. The Bertz CT molecular complexity index is 996. The molecule has 6 heteroatoms. The van der Waals surface area contributed by atoms with Crippen LogP contribution in [-0.4, -0.2) is 20.2 Å². The smallest absolute Gasteiger partial charge is 0.223 e. The number of H-pyrrole nitrogens is 1. The predicted molar refractivity (Wildman–Crippen MR) is 98.8 cm³/mol. The predicted octanol–water partition coefficient (Wildman–Crippen LogP) is 4.28. The Balaban J connectivity index is 1.59. The molecule has 0 saturated carbocycles. The van der Waals surface area contributed by atoms with Gasteiger partial charge in [-0.1, -0.05) is 30.3 Å². The molecule has 0 bridgehead atoms. The highest BCUT2D eigenvalue weighted by Gasteiger charge is 2.12. The minimum Gasteiger partial charge on any atom is -0.350 e. The van der Waals surface area contributed by atoms with Crippen LogP contribution in [0.2, 0.25) is 0 Å². The first kappa shape index (κ1) is 16.0. The Morgan fingerprint density at radius 3 is 2.58 bits per heavy atom. The lowest BCUT2D eigenvalue weighted by Crippen LogP contribution is -2.03. The van der Waals surface area contributed by atoms with Crippen LogP contribution in [0.1, 0.15) is 5.56 Å². The quantitative estimate of drug-likeness (QED) is 0.566. The third kappa shape index (κ3) is 3.44. The third-order valence-corrected chi connectivity index (χ3v) is 3.98. The van der Waals surface area contributed by atoms with Crippen molar-refractivity contribution in [2.45, 2.75) is 6.54 Å². The van der Waals surface area contributed by atoms with Crippen molar-refractivity contribution in [3.05, 3.63) is 84.4 Å². The maximum absolute atomic E-state index is 13.2. The SMILES string of the molecule is Fc1ccc(-c2n[nH]cc2-c2ccnc(NCc3ccccc3)n2)cc1. The Morgan fingerprint density at radius 2 is 1.77 bits per heavy atom. The molecule has 5 nitrogen and oxygen atoms in total. The van der Waals surface area contributed by atoms with Gasteiger partial charge in [-0.15, -0.1) is 0 Å². The number of rotatable bonds is 5. The molecule has 2 N–H and O–H groups in total. The summed E-state index contributed by atoms with van der Waals surface area (Å²) in [5.74, 6) is 0.262. The van der Waals surface area contributed by atoms with E-state index in [9.17, 15) is 4.39 Å². The second-order valence-electron chi connectivity index (χ2n) is 5.76. The summed E-state index contributed by atoms with van der Waals surface area (Å²) in [6, 6.07) is 18.1. The molecule has 0 fully saturated rings. The first-order valence-corrected chi connectivity index (χ1v) is 8.20. The number of nitrogens with one attached hydrogen (secondary N) is 2. The molecule has 26 heavy (non-hydrogen) atoms. The molecule has 128 valence electrons. The Hall–Kier alpha value is -3.54. The van der Waals surface area contributed by atoms with Crippen LogP contribution in [0, 0.1) is 5.82 Å². The van der Waals surface area contributed by atoms with E-state index in [4.69, 9.17) is 0 Å². The number of aromatic amines is 1. The standard InChI is InChI=1S/C20H16FN5/c21-16-8-6-15(7-9-16)19-17(13-24-26-19)18-10-11-22-20(25-18)23-12-14-4-2-1-3-5-14/h1-11,13H,12H2,(H,24,26)(H,22,23,25). The van der Waals surface area contributed by atoms with Gasteiger partial charge in [0.2, 0.25) is 5.95 Å². The highest BCUT2D eigenvalue weighted by molar-refractivity contribution is 5.78. The molecule has 0 radical (unpaired) electrons. The van der Waals surface area contributed by atoms with Crippen LogP contribution < -0.4 is 5.32 Å². The molecule has 2 aromatic heterocycles. The molecule has 0 aliphatic carbocycles. The third-order valence-electron chi connectivity index (χ3n) is 3.98. The second-order valence-corrected chi connectivity index (χ2v) is 5.76. The summed E-state index contributed by atoms with van der Waals surface area (Å²) in [6.45, 7) is 0.639. The lowest BCUT2D eigenvalue weighted by molar-refractivity contribution is 0.628. The minimum atomic E-state index is -0.278. The Kier molecular flexibility index (Phi) is 4.38. The molecule has 2 heterocycles. The van der Waals surface area contributed by atoms with Gasteiger partial charge in [0.15, 0.2) is 0 Å². The molecule has 0 aliphatic heterocycles. The molecule has 0 aliphatic rings. The Morgan fingerprint density at radius 1 is 0.962 bits per heavy atom. The van der Waals surface area contributed by atoms with Gasteiger partial charge in [-0.25, -0.2) is 14.4 Å². The zero-order valence-electron chi connectivity index (χ0n) is 13.9. The number of nitrogens with zero attached hydrogens (tertiary/aromatic N) is 3. The van der Waals surface area contributed by atoms with Crippen molar-refractivity contribution in [1.29, 1.82) is 0 Å². The van der Waals surface area contributed by atoms with E-state index in [1.165, 1.54) is 12.1 Å². The summed E-state index contributed by atoms with van der Waals surface area (Å²) in [4.78, 5) is 8.85. The zero-order chi connectivity index (χ0) is 17.8. The summed E-state index contributed by atoms with van der Waals surface area (Å²) in [5.41, 5.74) is 4.26. The zero-order valence-corrected chi connectivity index (χ0v) is 13.9. The Labute approximate surface area is 150 Å². The van der Waals surface area contributed by atoms with Crippen molar-refractivity contribution < 1.29 is 4.39 Å². The van der Waals surface area contributed by atoms with Crippen molar-refractivity contribution in [2.24, 2.45) is 0 Å². The largest absolute Gasteiger partial charge is 0.350 e. The monoisotopic (exact) mass is 345 g/mol. The van der Waals surface area contributed by atoms with Crippen molar-refractivity contribution >= 4 is 5.95 Å². The molecular formula is C20H16FN5. The molecule has 4 rings (SSSR count). The maximum atomic E-state index is 13.2. The number of benzene rings is 2. The van der Waals surface area contributed by atoms with E-state index in [1.807, 2.05) is 36.4 Å². The van der Waals surface area contributed by atoms with Gasteiger partial charge in [-0.3, -0.25) is 5.10 Å². The van der Waals surface area contributed by atoms with Gasteiger partial charge in [0, 0.05) is 30.1 Å². The van der Waals surface area contributed by atoms with E-state index in [0.29, 0.717) is 12.5 Å². The van der Waals surface area contributed by atoms with E-state index in [-0.39, 0.29) is 5.82 Å². The van der Waals surface area contributed by atoms with Crippen LogP contribution in [0.5, 0.6) is 0 Å². The van der Waals surface area contributed by atoms with Crippen molar-refractivity contribution in [3.8, 4) is 22.5 Å². The normalized spacial score (nSPS) is 10.7. The lowest BCUT2D eigenvalue weighted by atomic mass is 10.1. The van der Waals surface area contributed by atoms with Crippen molar-refractivity contribution in [2.75, 3.05) is 5.32 Å². The van der Waals surface area contributed by atoms with Gasteiger partial charge in [0.25, 0.3) is 0 Å². The maximum Gasteiger partial charge on any atom is 0.223 e. The molecule has 0 spiro atoms. The first-order chi connectivity index (χ1) is 12.8. The van der Waals surface area contributed by atoms with E-state index in [1.54, 1.807) is 24.5 Å². The molecule has 0 amide bonds. The fourth-order valence-corrected chi connectivity index (χ4v) is 2.68. The number of aromatic nitrogens is 4. The molecule has 4 aromatic rings. The molecule has 2 aromatic carbocycles. The van der Waals surface area contributed by atoms with Crippen LogP contribution in [0.3, 0.4) is 0 Å². The fourth-order valence-electron chi connectivity index (χ4n) is 2.68. The van der Waals surface area contributed by atoms with E-state index in [2.05, 4.69) is 25.5 Å². The van der Waals surface area contributed by atoms with Crippen molar-refractivity contribution in [3.63, 3.8) is 0 Å². The number of hydrogen-bond donors (Lipinski definition) is 2. The van der Waals surface area contributed by atoms with Crippen LogP contribution in [0.15, 0.2) is 73.1 Å². The van der Waals surface area contributed by atoms with Gasteiger partial charge in [0.05, 0.1) is 5.69 Å². The highest BCUT2D eigenvalue weighted by atomic mass is 19.1. The van der Waals surface area contributed by atoms with Gasteiger partial charge >= 0.3 is 0 Å². The molecule has 0 unspecified atom stereocenters. The summed E-state index contributed by atoms with van der Waals surface area (Å²) in [5, 5.41) is 10.4. The van der Waals surface area contributed by atoms with Gasteiger partial charge in [0.1, 0.15) is 11.5 Å². The molecular weight excluding hydrogens is 329 g/mol. The topological polar surface area (TPSA) is 66.5 Å². The number of halogens is 1. The van der Waals surface area contributed by atoms with Crippen LogP contribution in [0.25, 0.3) is 22.5 Å². The second kappa shape index (κ2) is 7.14. The first-order valence-electron chi connectivity index (χ1n) is 8.20. The number of hydrogen-bond acceptors (Lipinski definition) is 4. The van der Waals surface area contributed by atoms with Crippen LogP contribution >= 0.6 is 0 Å². The average molecular weight is 345 g/mol. The summed E-state index contributed by atoms with van der Waals surface area (Å²) >= 11 is 0. The minimum absolute atomic E-state index is 0.278. The average Bonchev–Trinajstić information content (AvgIpc) is 3.18. The van der Waals surface area contributed by atoms with E-state index in [0.717, 1.165) is 28.1 Å². The lowest BCUT2D eigenvalue weighted by Gasteiger charge is -2.07. The van der Waals surface area contributed by atoms with Gasteiger partial charge in [-0.05, 0) is 35.9 Å². The fraction of sp³-hybridized carbons (Fsp3) is 0.0500. The molecule has 0 saturated heterocycles. The molecule has 0 atom stereocenters. The summed E-state index contributed by atoms with van der Waals surface area (Å²) in [7, 11) is 0. The highest BCUT2D eigenvalue weighted by Crippen LogP contribution is 2.29. The van der Waals surface area contributed by atoms with Crippen LogP contribution in [-0.2, 0) is 6.54 Å². The van der Waals surface area contributed by atoms with Crippen LogP contribution in [0.4, 0.5) is 10.3 Å². The van der Waals surface area contributed by atoms with Gasteiger partial charge in [-0.2, -0.15) is 5.10 Å². The van der Waals surface area contributed by atoms with E-state index >= 15 is 0 Å². The summed E-state index contributed by atoms with van der Waals surface area (Å²) < 4.78 is 13.2. The van der Waals surface area contributed by atoms with E-state index < -0.39 is 0 Å². The van der Waals surface area contributed by atoms with Crippen molar-refractivity contribution in [1.82, 2.24) is 20.2 Å².